The highest BCUT2D eigenvalue weighted by atomic mass is 16.6. The Kier molecular flexibility index (Phi) is 17.9. The molecule has 0 aromatic heterocycles. The van der Waals surface area contributed by atoms with Gasteiger partial charge in [0.15, 0.2) is 0 Å². The molecule has 13 nitrogen and oxygen atoms in total. The van der Waals surface area contributed by atoms with Crippen molar-refractivity contribution in [3.05, 3.63) is 48.0 Å². The van der Waals surface area contributed by atoms with Crippen molar-refractivity contribution in [1.82, 2.24) is 25.9 Å². The van der Waals surface area contributed by atoms with E-state index in [0.29, 0.717) is 38.1 Å². The summed E-state index contributed by atoms with van der Waals surface area (Å²) in [5, 5.41) is 20.7. The molecule has 4 N–H and O–H groups in total. The van der Waals surface area contributed by atoms with E-state index in [9.17, 15) is 24.4 Å². The number of alkyl carbamates (subject to hydrolysis) is 2. The second kappa shape index (κ2) is 21.4. The summed E-state index contributed by atoms with van der Waals surface area (Å²) >= 11 is 0. The zero-order valence-electron chi connectivity index (χ0n) is 36.6. The molecule has 2 fully saturated rings. The van der Waals surface area contributed by atoms with E-state index >= 15 is 0 Å². The number of esters is 1. The molecule has 1 aromatic rings. The van der Waals surface area contributed by atoms with E-state index in [-0.39, 0.29) is 43.0 Å². The van der Waals surface area contributed by atoms with E-state index in [1.54, 1.807) is 13.8 Å². The number of rotatable bonds is 18. The monoisotopic (exact) mass is 800 g/mol. The number of hydrogen-bond acceptors (Lipinski definition) is 10. The molecule has 0 spiro atoms. The normalized spacial score (nSPS) is 20.6. The topological polar surface area (TPSA) is 159 Å². The Balaban J connectivity index is 1.67. The Hall–Kier alpha value is -3.68. The molecule has 3 amide bonds. The minimum atomic E-state index is -0.883. The molecule has 2 saturated heterocycles. The molecule has 322 valence electrons. The van der Waals surface area contributed by atoms with Crippen LogP contribution < -0.4 is 16.0 Å². The number of benzene rings is 1. The summed E-state index contributed by atoms with van der Waals surface area (Å²) in [5.74, 6) is -0.358. The lowest BCUT2D eigenvalue weighted by Crippen LogP contribution is -2.60. The number of carbonyl (C=O) groups is 4. The maximum absolute atomic E-state index is 14.0. The number of amides is 3. The van der Waals surface area contributed by atoms with Gasteiger partial charge in [0.25, 0.3) is 0 Å². The summed E-state index contributed by atoms with van der Waals surface area (Å²) in [4.78, 5) is 54.9. The third-order valence-corrected chi connectivity index (χ3v) is 10.3. The summed E-state index contributed by atoms with van der Waals surface area (Å²) in [5.41, 5.74) is -0.548. The first-order valence-electron chi connectivity index (χ1n) is 20.9. The van der Waals surface area contributed by atoms with Gasteiger partial charge in [0, 0.05) is 37.0 Å². The minimum absolute atomic E-state index is 0.0387. The predicted molar refractivity (Wildman–Crippen MR) is 222 cm³/mol. The average Bonchev–Trinajstić information content (AvgIpc) is 3.54. The molecular weight excluding hydrogens is 727 g/mol. The van der Waals surface area contributed by atoms with Gasteiger partial charge in [-0.2, -0.15) is 5.06 Å². The first kappa shape index (κ1) is 47.7. The molecule has 2 heterocycles. The second-order valence-electron chi connectivity index (χ2n) is 18.9. The van der Waals surface area contributed by atoms with Crippen molar-refractivity contribution in [1.29, 1.82) is 0 Å². The Morgan fingerprint density at radius 3 is 2.19 bits per heavy atom. The van der Waals surface area contributed by atoms with E-state index in [0.717, 1.165) is 25.8 Å². The lowest BCUT2D eigenvalue weighted by molar-refractivity contribution is -0.256. The van der Waals surface area contributed by atoms with E-state index in [4.69, 9.17) is 14.2 Å². The van der Waals surface area contributed by atoms with Crippen LogP contribution in [-0.4, -0.2) is 106 Å². The Morgan fingerprint density at radius 2 is 1.60 bits per heavy atom. The van der Waals surface area contributed by atoms with Crippen molar-refractivity contribution in [2.75, 3.05) is 19.6 Å². The van der Waals surface area contributed by atoms with Gasteiger partial charge in [-0.15, -0.1) is 0 Å². The van der Waals surface area contributed by atoms with Crippen LogP contribution in [0.5, 0.6) is 0 Å². The summed E-state index contributed by atoms with van der Waals surface area (Å²) in [6, 6.07) is 8.69. The number of ether oxygens (including phenoxy) is 3. The highest BCUT2D eigenvalue weighted by molar-refractivity contribution is 5.87. The van der Waals surface area contributed by atoms with Gasteiger partial charge in [-0.1, -0.05) is 56.3 Å². The first-order chi connectivity index (χ1) is 26.5. The fourth-order valence-electron chi connectivity index (χ4n) is 7.98. The summed E-state index contributed by atoms with van der Waals surface area (Å²) in [6.07, 6.45) is 7.13. The van der Waals surface area contributed by atoms with Gasteiger partial charge in [-0.3, -0.25) is 9.69 Å². The van der Waals surface area contributed by atoms with Gasteiger partial charge in [0.05, 0.1) is 18.2 Å². The third-order valence-electron chi connectivity index (χ3n) is 10.3. The maximum atomic E-state index is 14.0. The zero-order chi connectivity index (χ0) is 42.6. The number of carbonyl (C=O) groups excluding carboxylic acids is 4. The lowest BCUT2D eigenvalue weighted by atomic mass is 9.80. The molecule has 57 heavy (non-hydrogen) atoms. The van der Waals surface area contributed by atoms with E-state index < -0.39 is 46.9 Å². The average molecular weight is 800 g/mol. The van der Waals surface area contributed by atoms with Gasteiger partial charge in [-0.25, -0.2) is 14.4 Å². The van der Waals surface area contributed by atoms with E-state index in [2.05, 4.69) is 59.0 Å². The number of hydrogen-bond donors (Lipinski definition) is 4. The van der Waals surface area contributed by atoms with Gasteiger partial charge < -0.3 is 35.4 Å². The number of nitrogens with zero attached hydrogens (tertiary/aromatic N) is 2. The van der Waals surface area contributed by atoms with E-state index in [1.165, 1.54) is 10.6 Å². The molecule has 0 bridgehead atoms. The lowest BCUT2D eigenvalue weighted by Gasteiger charge is -2.50. The second-order valence-corrected chi connectivity index (χ2v) is 18.9. The van der Waals surface area contributed by atoms with Crippen molar-refractivity contribution >= 4 is 24.1 Å². The van der Waals surface area contributed by atoms with Gasteiger partial charge in [-0.05, 0) is 125 Å². The smallest absolute Gasteiger partial charge is 0.408 e. The van der Waals surface area contributed by atoms with Crippen LogP contribution in [0.1, 0.15) is 127 Å². The Labute approximate surface area is 342 Å². The third kappa shape index (κ3) is 16.6. The molecule has 3 rings (SSSR count). The molecule has 0 radical (unpaired) electrons. The number of likely N-dealkylation sites (tertiary alicyclic amines) is 1. The van der Waals surface area contributed by atoms with Crippen molar-refractivity contribution < 1.29 is 38.6 Å². The van der Waals surface area contributed by atoms with Crippen LogP contribution in [0.4, 0.5) is 9.59 Å². The number of piperidine rings is 1. The zero-order valence-corrected chi connectivity index (χ0v) is 36.6. The predicted octanol–water partition coefficient (Wildman–Crippen LogP) is 7.16. The molecule has 2 aliphatic rings. The fraction of sp³-hybridized carbons (Fsp3) is 0.727. The van der Waals surface area contributed by atoms with Gasteiger partial charge in [0.2, 0.25) is 5.91 Å². The van der Waals surface area contributed by atoms with Crippen LogP contribution in [0.3, 0.4) is 0 Å². The van der Waals surface area contributed by atoms with Crippen molar-refractivity contribution in [3.63, 3.8) is 0 Å². The SMILES string of the molecule is CC(C)C[C@@H](/C=C/[C@H](Cc1ccccc1)CN1CCC[C@H]1C(=O)N[C@@H](CCCNC(=O)OC1CC(C)(C)N(O)C(C)(C)C1)C(=O)OC(C)C)NC(=O)OC(C)(C)C. The summed E-state index contributed by atoms with van der Waals surface area (Å²) in [6.45, 7) is 22.6. The van der Waals surface area contributed by atoms with Crippen molar-refractivity contribution in [3.8, 4) is 0 Å². The van der Waals surface area contributed by atoms with Gasteiger partial charge >= 0.3 is 18.2 Å². The molecule has 2 aliphatic heterocycles. The van der Waals surface area contributed by atoms with Crippen molar-refractivity contribution in [2.45, 2.75) is 175 Å². The molecule has 0 unspecified atom stereocenters. The number of nitrogens with one attached hydrogen (secondary N) is 3. The quantitative estimate of drug-likeness (QED) is 0.0520. The highest BCUT2D eigenvalue weighted by Gasteiger charge is 2.46. The minimum Gasteiger partial charge on any atom is -0.461 e. The van der Waals surface area contributed by atoms with Crippen LogP contribution in [0.2, 0.25) is 0 Å². The maximum Gasteiger partial charge on any atom is 0.408 e. The van der Waals surface area contributed by atoms with E-state index in [1.807, 2.05) is 66.7 Å². The van der Waals surface area contributed by atoms with Crippen LogP contribution >= 0.6 is 0 Å². The van der Waals surface area contributed by atoms with Crippen LogP contribution in [-0.2, 0) is 30.2 Å². The number of hydroxylamine groups is 2. The summed E-state index contributed by atoms with van der Waals surface area (Å²) in [7, 11) is 0. The Bertz CT molecular complexity index is 1460. The van der Waals surface area contributed by atoms with Crippen LogP contribution in [0.15, 0.2) is 42.5 Å². The van der Waals surface area contributed by atoms with Crippen molar-refractivity contribution in [2.24, 2.45) is 11.8 Å². The molecular formula is C44H73N5O8. The van der Waals surface area contributed by atoms with Gasteiger partial charge in [0.1, 0.15) is 17.7 Å². The standard InChI is InChI=1S/C44H73N5O8/c1-30(2)25-34(46-41(53)57-42(5,6)7)22-21-33(26-32-17-13-12-14-18-32)29-48-24-16-20-37(48)38(50)47-36(39(51)55-31(3)4)19-15-23-45-40(52)56-35-27-43(8,9)49(54)44(10,11)28-35/h12-14,17-18,21-22,30-31,33-37,54H,15-16,19-20,23-29H2,1-11H3,(H,45,52)(H,46,53)(H,47,50)/b22-21+/t33-,34-,36+,37+/m1/s1. The highest BCUT2D eigenvalue weighted by Crippen LogP contribution is 2.38. The van der Waals surface area contributed by atoms with Crippen LogP contribution in [0.25, 0.3) is 0 Å². The molecule has 0 aliphatic carbocycles. The molecule has 0 saturated carbocycles. The summed E-state index contributed by atoms with van der Waals surface area (Å²) < 4.78 is 16.8. The molecule has 1 aromatic carbocycles. The molecule has 4 atom stereocenters. The molecule has 13 heteroatoms. The fourth-order valence-corrected chi connectivity index (χ4v) is 7.98. The first-order valence-corrected chi connectivity index (χ1v) is 20.9. The van der Waals surface area contributed by atoms with Crippen LogP contribution in [0, 0.1) is 11.8 Å². The Morgan fingerprint density at radius 1 is 0.947 bits per heavy atom. The largest absolute Gasteiger partial charge is 0.461 e.